The lowest BCUT2D eigenvalue weighted by molar-refractivity contribution is -0.138. The number of nitrogens with two attached hydrogens (primary N) is 1. The second kappa shape index (κ2) is 4.53. The van der Waals surface area contributed by atoms with Gasteiger partial charge in [0.15, 0.2) is 0 Å². The van der Waals surface area contributed by atoms with Gasteiger partial charge in [-0.3, -0.25) is 4.79 Å². The van der Waals surface area contributed by atoms with Gasteiger partial charge < -0.3 is 15.6 Å². The fourth-order valence-corrected chi connectivity index (χ4v) is 1.68. The number of amides is 2. The highest BCUT2D eigenvalue weighted by atomic mass is 16.5. The van der Waals surface area contributed by atoms with Crippen LogP contribution in [0.3, 0.4) is 0 Å². The molecule has 1 aromatic rings. The third-order valence-corrected chi connectivity index (χ3v) is 2.57. The molecule has 0 bridgehead atoms. The molecule has 1 aromatic carbocycles. The van der Waals surface area contributed by atoms with E-state index in [9.17, 15) is 9.59 Å². The van der Waals surface area contributed by atoms with Crippen LogP contribution in [0.5, 0.6) is 5.75 Å². The molecule has 7 heteroatoms. The minimum absolute atomic E-state index is 0.0928. The summed E-state index contributed by atoms with van der Waals surface area (Å²) in [7, 11) is 1.45. The van der Waals surface area contributed by atoms with Crippen molar-refractivity contribution in [2.24, 2.45) is 15.7 Å². The highest BCUT2D eigenvalue weighted by Gasteiger charge is 2.17. The fourth-order valence-electron chi connectivity index (χ4n) is 1.68. The van der Waals surface area contributed by atoms with E-state index in [-0.39, 0.29) is 6.42 Å². The number of carboxylic acid groups (broad SMARTS) is 1. The number of methoxy groups -OCH3 is 1. The topological polar surface area (TPSA) is 114 Å². The Labute approximate surface area is 102 Å². The Bertz CT molecular complexity index is 638. The zero-order valence-electron chi connectivity index (χ0n) is 9.58. The number of hydrogen-bond acceptors (Lipinski definition) is 4. The number of carbonyl (C=O) groups is 2. The smallest absolute Gasteiger partial charge is 0.368 e. The van der Waals surface area contributed by atoms with Gasteiger partial charge in [0, 0.05) is 12.5 Å². The summed E-state index contributed by atoms with van der Waals surface area (Å²) in [6.07, 6.45) is 0.0928. The monoisotopic (exact) mass is 249 g/mol. The first kappa shape index (κ1) is 12.2. The maximum atomic E-state index is 11.0. The average Bonchev–Trinajstić information content (AvgIpc) is 2.66. The van der Waals surface area contributed by atoms with Crippen LogP contribution in [0.15, 0.2) is 22.1 Å². The number of hydrogen-bond donors (Lipinski definition) is 2. The van der Waals surface area contributed by atoms with Gasteiger partial charge in [0.25, 0.3) is 0 Å². The van der Waals surface area contributed by atoms with E-state index < -0.39 is 18.0 Å². The van der Waals surface area contributed by atoms with Gasteiger partial charge in [-0.1, -0.05) is 0 Å². The maximum absolute atomic E-state index is 11.0. The Balaban J connectivity index is 2.46. The van der Waals surface area contributed by atoms with Gasteiger partial charge >= 0.3 is 12.0 Å². The minimum Gasteiger partial charge on any atom is -0.496 e. The van der Waals surface area contributed by atoms with Crippen molar-refractivity contribution in [3.63, 3.8) is 0 Å². The minimum atomic E-state index is -1.10. The molecular formula is C11H11N3O4. The van der Waals surface area contributed by atoms with Crippen molar-refractivity contribution in [1.82, 2.24) is 0 Å². The number of aliphatic carboxylic acids is 1. The molecule has 1 heterocycles. The summed E-state index contributed by atoms with van der Waals surface area (Å²) in [5.41, 5.74) is 6.05. The van der Waals surface area contributed by atoms with Crippen molar-refractivity contribution < 1.29 is 19.4 Å². The molecule has 0 fully saturated rings. The number of benzene rings is 1. The predicted molar refractivity (Wildman–Crippen MR) is 60.0 cm³/mol. The average molecular weight is 249 g/mol. The largest absolute Gasteiger partial charge is 0.496 e. The molecule has 3 N–H and O–H groups in total. The fraction of sp³-hybridized carbons (Fsp3) is 0.273. The lowest BCUT2D eigenvalue weighted by Gasteiger charge is -2.10. The molecule has 0 aliphatic carbocycles. The molecule has 1 atom stereocenters. The summed E-state index contributed by atoms with van der Waals surface area (Å²) < 4.78 is 5.13. The summed E-state index contributed by atoms with van der Waals surface area (Å²) in [6.45, 7) is 0. The molecule has 0 aromatic heterocycles. The molecular weight excluding hydrogens is 238 g/mol. The predicted octanol–water partition coefficient (Wildman–Crippen LogP) is -0.978. The van der Waals surface area contributed by atoms with E-state index in [0.29, 0.717) is 22.0 Å². The molecule has 7 nitrogen and oxygen atoms in total. The zero-order chi connectivity index (χ0) is 13.3. The third kappa shape index (κ3) is 2.21. The van der Waals surface area contributed by atoms with Crippen LogP contribution < -0.4 is 21.2 Å². The van der Waals surface area contributed by atoms with Gasteiger partial charge in [-0.05, 0) is 11.6 Å². The number of nitrogens with zero attached hydrogens (tertiary/aromatic N) is 2. The molecule has 94 valence electrons. The maximum Gasteiger partial charge on any atom is 0.368 e. The van der Waals surface area contributed by atoms with Crippen LogP contribution in [0.4, 0.5) is 4.79 Å². The van der Waals surface area contributed by atoms with Crippen molar-refractivity contribution in [3.05, 3.63) is 28.4 Å². The van der Waals surface area contributed by atoms with Gasteiger partial charge in [-0.25, -0.2) is 4.79 Å². The number of carboxylic acids is 1. The Morgan fingerprint density at radius 3 is 2.61 bits per heavy atom. The second-order valence-electron chi connectivity index (χ2n) is 3.81. The van der Waals surface area contributed by atoms with E-state index in [1.165, 1.54) is 7.11 Å². The highest BCUT2D eigenvalue weighted by molar-refractivity contribution is 5.77. The van der Waals surface area contributed by atoms with Crippen LogP contribution in [0.2, 0.25) is 0 Å². The number of rotatable bonds is 4. The highest BCUT2D eigenvalue weighted by Crippen LogP contribution is 2.15. The van der Waals surface area contributed by atoms with Gasteiger partial charge in [-0.2, -0.15) is 9.98 Å². The molecule has 1 aliphatic heterocycles. The van der Waals surface area contributed by atoms with Crippen molar-refractivity contribution in [3.8, 4) is 5.75 Å². The van der Waals surface area contributed by atoms with Gasteiger partial charge in [0.2, 0.25) is 0 Å². The zero-order valence-corrected chi connectivity index (χ0v) is 9.58. The van der Waals surface area contributed by atoms with Crippen LogP contribution in [-0.4, -0.2) is 30.3 Å². The van der Waals surface area contributed by atoms with Crippen LogP contribution in [0.25, 0.3) is 0 Å². The van der Waals surface area contributed by atoms with Crippen molar-refractivity contribution >= 4 is 12.0 Å². The van der Waals surface area contributed by atoms with Crippen molar-refractivity contribution in [1.29, 1.82) is 0 Å². The molecule has 0 unspecified atom stereocenters. The van der Waals surface area contributed by atoms with E-state index >= 15 is 0 Å². The van der Waals surface area contributed by atoms with E-state index in [1.54, 1.807) is 12.1 Å². The number of carbonyl (C=O) groups excluding carboxylic acids is 1. The summed E-state index contributed by atoms with van der Waals surface area (Å²) in [5.74, 6) is -0.658. The lowest BCUT2D eigenvalue weighted by atomic mass is 10.1. The Morgan fingerprint density at radius 2 is 2.06 bits per heavy atom. The lowest BCUT2D eigenvalue weighted by Crippen LogP contribution is -2.33. The Hall–Kier alpha value is -2.28. The number of fused-ring (bicyclic) bond motifs is 1. The molecule has 0 saturated carbocycles. The number of ether oxygens (including phenoxy) is 1. The van der Waals surface area contributed by atoms with Crippen molar-refractivity contribution in [2.45, 2.75) is 12.5 Å². The molecule has 2 rings (SSSR count). The molecule has 0 spiro atoms. The summed E-state index contributed by atoms with van der Waals surface area (Å²) in [4.78, 5) is 29.1. The van der Waals surface area contributed by atoms with Gasteiger partial charge in [-0.15, -0.1) is 0 Å². The Kier molecular flexibility index (Phi) is 3.07. The third-order valence-electron chi connectivity index (χ3n) is 2.57. The SMILES string of the molecule is COc1cc2c(cc1C[C@H](N)C(=O)O)=NC(=O)N=2. The summed E-state index contributed by atoms with van der Waals surface area (Å²) >= 11 is 0. The first-order chi connectivity index (χ1) is 8.51. The van der Waals surface area contributed by atoms with Crippen molar-refractivity contribution in [2.75, 3.05) is 7.11 Å². The quantitative estimate of drug-likeness (QED) is 0.712. The van der Waals surface area contributed by atoms with Gasteiger partial charge in [0.1, 0.15) is 11.8 Å². The van der Waals surface area contributed by atoms with Crippen LogP contribution in [0.1, 0.15) is 5.56 Å². The standard InChI is InChI=1S/C11H11N3O4/c1-18-9-4-8-7(13-11(17)14-8)3-5(9)2-6(12)10(15)16/h3-4,6H,2,12H2,1H3,(H,15,16)/t6-/m0/s1. The van der Waals surface area contributed by atoms with Crippen LogP contribution in [0, 0.1) is 0 Å². The van der Waals surface area contributed by atoms with E-state index in [0.717, 1.165) is 0 Å². The molecule has 0 saturated heterocycles. The van der Waals surface area contributed by atoms with E-state index in [4.69, 9.17) is 15.6 Å². The Morgan fingerprint density at radius 1 is 1.44 bits per heavy atom. The first-order valence-electron chi connectivity index (χ1n) is 5.18. The molecule has 2 amide bonds. The van der Waals surface area contributed by atoms with Gasteiger partial charge in [0.05, 0.1) is 17.8 Å². The molecule has 1 aliphatic rings. The van der Waals surface area contributed by atoms with E-state index in [1.807, 2.05) is 0 Å². The summed E-state index contributed by atoms with van der Waals surface area (Å²) in [5, 5.41) is 9.61. The normalized spacial score (nSPS) is 14.4. The van der Waals surface area contributed by atoms with E-state index in [2.05, 4.69) is 9.98 Å². The second-order valence-corrected chi connectivity index (χ2v) is 3.81. The first-order valence-corrected chi connectivity index (χ1v) is 5.18. The molecule has 0 radical (unpaired) electrons. The summed E-state index contributed by atoms with van der Waals surface area (Å²) in [6, 6.07) is 1.51. The van der Waals surface area contributed by atoms with Crippen LogP contribution >= 0.6 is 0 Å². The molecule has 18 heavy (non-hydrogen) atoms. The van der Waals surface area contributed by atoms with Crippen LogP contribution in [-0.2, 0) is 11.2 Å². The number of urea groups is 1.